The molecule has 0 bridgehead atoms. The number of aliphatic hydroxyl groups excluding tert-OH is 1. The van der Waals surface area contributed by atoms with Crippen LogP contribution in [0.3, 0.4) is 0 Å². The van der Waals surface area contributed by atoms with Crippen molar-refractivity contribution in [3.63, 3.8) is 0 Å². The fourth-order valence-electron chi connectivity index (χ4n) is 1.13. The van der Waals surface area contributed by atoms with Crippen molar-refractivity contribution in [1.29, 1.82) is 0 Å². The van der Waals surface area contributed by atoms with Gasteiger partial charge in [-0.1, -0.05) is 0 Å². The van der Waals surface area contributed by atoms with Crippen LogP contribution in [0.4, 0.5) is 0 Å². The molecule has 94 valence electrons. The zero-order chi connectivity index (χ0) is 12.9. The molecule has 0 heterocycles. The van der Waals surface area contributed by atoms with E-state index in [1.807, 2.05) is 0 Å². The van der Waals surface area contributed by atoms with Gasteiger partial charge in [0.2, 0.25) is 0 Å². The quantitative estimate of drug-likeness (QED) is 0.316. The van der Waals surface area contributed by atoms with Gasteiger partial charge in [0.25, 0.3) is 0 Å². The van der Waals surface area contributed by atoms with E-state index in [-0.39, 0.29) is 11.3 Å². The van der Waals surface area contributed by atoms with Crippen molar-refractivity contribution in [2.45, 2.75) is 52.7 Å². The maximum absolute atomic E-state index is 10.6. The Morgan fingerprint density at radius 3 is 2.25 bits per heavy atom. The lowest BCUT2D eigenvalue weighted by Crippen LogP contribution is -2.29. The summed E-state index contributed by atoms with van der Waals surface area (Å²) < 4.78 is 0. The first-order valence-electron chi connectivity index (χ1n) is 5.10. The first-order chi connectivity index (χ1) is 7.15. The predicted molar refractivity (Wildman–Crippen MR) is 58.6 cm³/mol. The van der Waals surface area contributed by atoms with Crippen molar-refractivity contribution in [1.82, 2.24) is 0 Å². The van der Waals surface area contributed by atoms with Crippen molar-refractivity contribution in [3.05, 3.63) is 11.3 Å². The lowest BCUT2D eigenvalue weighted by molar-refractivity contribution is -0.331. The number of hydrogen-bond donors (Lipinski definition) is 2. The van der Waals surface area contributed by atoms with Gasteiger partial charge in [0.05, 0.1) is 11.7 Å². The topological polar surface area (TPSA) is 76.0 Å². The van der Waals surface area contributed by atoms with E-state index in [4.69, 9.17) is 14.9 Å². The first-order valence-corrected chi connectivity index (χ1v) is 5.10. The number of carbonyl (C=O) groups is 1. The van der Waals surface area contributed by atoms with E-state index in [1.165, 1.54) is 13.8 Å². The van der Waals surface area contributed by atoms with Gasteiger partial charge in [-0.25, -0.2) is 4.79 Å². The van der Waals surface area contributed by atoms with E-state index in [1.54, 1.807) is 20.8 Å². The molecule has 0 rings (SSSR count). The largest absolute Gasteiger partial charge is 0.478 e. The Kier molecular flexibility index (Phi) is 5.47. The van der Waals surface area contributed by atoms with Crippen molar-refractivity contribution < 1.29 is 24.8 Å². The van der Waals surface area contributed by atoms with Crippen molar-refractivity contribution in [2.75, 3.05) is 0 Å². The van der Waals surface area contributed by atoms with E-state index < -0.39 is 17.7 Å². The van der Waals surface area contributed by atoms with Crippen LogP contribution >= 0.6 is 0 Å². The zero-order valence-corrected chi connectivity index (χ0v) is 10.4. The molecule has 0 aromatic heterocycles. The van der Waals surface area contributed by atoms with Gasteiger partial charge in [-0.3, -0.25) is 0 Å². The Balaban J connectivity index is 4.34. The highest BCUT2D eigenvalue weighted by Crippen LogP contribution is 2.19. The third-order valence-corrected chi connectivity index (χ3v) is 2.03. The lowest BCUT2D eigenvalue weighted by Gasteiger charge is -2.25. The lowest BCUT2D eigenvalue weighted by atomic mass is 10.0. The van der Waals surface area contributed by atoms with E-state index >= 15 is 0 Å². The highest BCUT2D eigenvalue weighted by atomic mass is 17.2. The van der Waals surface area contributed by atoms with Crippen LogP contribution in [0, 0.1) is 0 Å². The second kappa shape index (κ2) is 5.86. The van der Waals surface area contributed by atoms with E-state index in [9.17, 15) is 9.90 Å². The highest BCUT2D eigenvalue weighted by Gasteiger charge is 2.23. The number of carboxylic acids is 1. The molecule has 0 aromatic rings. The molecule has 16 heavy (non-hydrogen) atoms. The zero-order valence-electron chi connectivity index (χ0n) is 10.4. The molecular formula is C11H20O5. The molecule has 2 N–H and O–H groups in total. The van der Waals surface area contributed by atoms with E-state index in [0.29, 0.717) is 6.42 Å². The van der Waals surface area contributed by atoms with Gasteiger partial charge in [0, 0.05) is 6.42 Å². The maximum Gasteiger partial charge on any atom is 0.334 e. The van der Waals surface area contributed by atoms with Gasteiger partial charge in [0.1, 0.15) is 11.4 Å². The highest BCUT2D eigenvalue weighted by molar-refractivity contribution is 5.86. The molecule has 5 heteroatoms. The summed E-state index contributed by atoms with van der Waals surface area (Å²) in [5.41, 5.74) is -0.582. The Morgan fingerprint density at radius 1 is 1.38 bits per heavy atom. The number of aliphatic carboxylic acids is 1. The summed E-state index contributed by atoms with van der Waals surface area (Å²) in [5.74, 6) is -0.847. The molecular weight excluding hydrogens is 212 g/mol. The molecule has 0 aliphatic rings. The van der Waals surface area contributed by atoms with Gasteiger partial charge < -0.3 is 15.1 Å². The second-order valence-electron chi connectivity index (χ2n) is 4.47. The van der Waals surface area contributed by atoms with Crippen LogP contribution < -0.4 is 0 Å². The molecule has 0 spiro atoms. The minimum absolute atomic E-state index is 0.0906. The average Bonchev–Trinajstić information content (AvgIpc) is 2.10. The molecule has 5 nitrogen and oxygen atoms in total. The third kappa shape index (κ3) is 5.72. The summed E-state index contributed by atoms with van der Waals surface area (Å²) in [5, 5.41) is 17.9. The van der Waals surface area contributed by atoms with Crippen LogP contribution in [-0.2, 0) is 14.6 Å². The van der Waals surface area contributed by atoms with Gasteiger partial charge in [-0.15, -0.1) is 0 Å². The number of hydrogen-bond acceptors (Lipinski definition) is 4. The fraction of sp³-hybridized carbons (Fsp3) is 0.727. The van der Waals surface area contributed by atoms with E-state index in [2.05, 4.69) is 0 Å². The van der Waals surface area contributed by atoms with Crippen LogP contribution in [0.2, 0.25) is 0 Å². The summed E-state index contributed by atoms with van der Waals surface area (Å²) >= 11 is 0. The molecule has 0 aromatic carbocycles. The number of carboxylic acid groups (broad SMARTS) is 1. The smallest absolute Gasteiger partial charge is 0.334 e. The molecule has 0 saturated carbocycles. The standard InChI is InChI=1S/C11H20O5/c1-7(12)6-11(4,5)16-15-9(3)8(2)10(13)14/h7,12H,6H2,1-5H3,(H,13,14)/b9-8-. The van der Waals surface area contributed by atoms with Crippen LogP contribution in [0.25, 0.3) is 0 Å². The van der Waals surface area contributed by atoms with Gasteiger partial charge in [0.15, 0.2) is 0 Å². The minimum atomic E-state index is -1.05. The summed E-state index contributed by atoms with van der Waals surface area (Å²) in [6, 6.07) is 0. The molecule has 0 radical (unpaired) electrons. The normalized spacial score (nSPS) is 15.4. The van der Waals surface area contributed by atoms with Crippen molar-refractivity contribution >= 4 is 5.97 Å². The maximum atomic E-state index is 10.6. The van der Waals surface area contributed by atoms with Crippen LogP contribution in [-0.4, -0.2) is 27.9 Å². The second-order valence-corrected chi connectivity index (χ2v) is 4.47. The first kappa shape index (κ1) is 14.9. The Morgan fingerprint density at radius 2 is 1.88 bits per heavy atom. The van der Waals surface area contributed by atoms with Gasteiger partial charge in [-0.2, -0.15) is 4.89 Å². The van der Waals surface area contributed by atoms with Crippen LogP contribution in [0.15, 0.2) is 11.3 Å². The Labute approximate surface area is 95.6 Å². The predicted octanol–water partition coefficient (Wildman–Crippen LogP) is 1.86. The number of rotatable bonds is 6. The van der Waals surface area contributed by atoms with Crippen LogP contribution in [0.5, 0.6) is 0 Å². The summed E-state index contributed by atoms with van der Waals surface area (Å²) in [6.45, 7) is 8.10. The van der Waals surface area contributed by atoms with Gasteiger partial charge >= 0.3 is 5.97 Å². The summed E-state index contributed by atoms with van der Waals surface area (Å²) in [6.07, 6.45) is -0.115. The van der Waals surface area contributed by atoms with Crippen LogP contribution in [0.1, 0.15) is 41.0 Å². The average molecular weight is 232 g/mol. The van der Waals surface area contributed by atoms with Gasteiger partial charge in [-0.05, 0) is 34.6 Å². The minimum Gasteiger partial charge on any atom is -0.478 e. The molecule has 0 saturated heterocycles. The summed E-state index contributed by atoms with van der Waals surface area (Å²) in [4.78, 5) is 20.6. The monoisotopic (exact) mass is 232 g/mol. The molecule has 0 aliphatic heterocycles. The van der Waals surface area contributed by atoms with Crippen molar-refractivity contribution in [2.24, 2.45) is 0 Å². The number of allylic oxidation sites excluding steroid dienone is 1. The van der Waals surface area contributed by atoms with Crippen molar-refractivity contribution in [3.8, 4) is 0 Å². The molecule has 1 atom stereocenters. The molecule has 0 amide bonds. The molecule has 1 unspecified atom stereocenters. The number of aliphatic hydroxyl groups is 1. The fourth-order valence-corrected chi connectivity index (χ4v) is 1.13. The SMILES string of the molecule is C/C(OOC(C)(C)CC(C)O)=C(\C)C(=O)O. The van der Waals surface area contributed by atoms with E-state index in [0.717, 1.165) is 0 Å². The molecule has 0 fully saturated rings. The third-order valence-electron chi connectivity index (χ3n) is 2.03. The Bertz CT molecular complexity index is 278. The Hall–Kier alpha value is -1.07. The molecule has 0 aliphatic carbocycles. The summed E-state index contributed by atoms with van der Waals surface area (Å²) in [7, 11) is 0.